The lowest BCUT2D eigenvalue weighted by molar-refractivity contribution is -0.156. The minimum absolute atomic E-state index is 0.0906. The van der Waals surface area contributed by atoms with Crippen LogP contribution in [0.5, 0.6) is 0 Å². The molecular weight excluding hydrogens is 343 g/mol. The molecule has 0 radical (unpaired) electrons. The summed E-state index contributed by atoms with van der Waals surface area (Å²) < 4.78 is 19.6. The number of oxime groups is 1. The number of benzene rings is 2. The zero-order valence-corrected chi connectivity index (χ0v) is 13.8. The van der Waals surface area contributed by atoms with Crippen LogP contribution in [-0.4, -0.2) is 22.8 Å². The molecule has 1 aliphatic heterocycles. The van der Waals surface area contributed by atoms with E-state index in [1.807, 2.05) is 24.3 Å². The van der Waals surface area contributed by atoms with E-state index in [4.69, 9.17) is 9.57 Å². The lowest BCUT2D eigenvalue weighted by Crippen LogP contribution is -2.23. The summed E-state index contributed by atoms with van der Waals surface area (Å²) in [6.07, 6.45) is -0.560. The zero-order valence-electron chi connectivity index (χ0n) is 13.0. The normalized spacial score (nSPS) is 16.5. The molecule has 1 aliphatic rings. The van der Waals surface area contributed by atoms with Crippen LogP contribution < -0.4 is 0 Å². The smallest absolute Gasteiger partial charge is 0.351 e. The van der Waals surface area contributed by atoms with E-state index in [0.29, 0.717) is 11.3 Å². The van der Waals surface area contributed by atoms with Crippen LogP contribution in [0.15, 0.2) is 53.7 Å². The third kappa shape index (κ3) is 3.36. The molecule has 0 saturated carbocycles. The summed E-state index contributed by atoms with van der Waals surface area (Å²) in [5.74, 6) is -0.864. The number of para-hydroxylation sites is 1. The van der Waals surface area contributed by atoms with Crippen molar-refractivity contribution < 1.29 is 18.8 Å². The number of carbonyl (C=O) groups is 1. The van der Waals surface area contributed by atoms with E-state index in [1.54, 1.807) is 12.1 Å². The summed E-state index contributed by atoms with van der Waals surface area (Å²) in [6, 6.07) is 13.8. The highest BCUT2D eigenvalue weighted by Gasteiger charge is 2.30. The van der Waals surface area contributed by atoms with Gasteiger partial charge in [0, 0.05) is 12.0 Å². The average molecular weight is 356 g/mol. The highest BCUT2D eigenvalue weighted by Crippen LogP contribution is 2.23. The van der Waals surface area contributed by atoms with Crippen LogP contribution >= 0.6 is 11.3 Å². The van der Waals surface area contributed by atoms with Gasteiger partial charge in [0.1, 0.15) is 17.4 Å². The van der Waals surface area contributed by atoms with Crippen LogP contribution in [-0.2, 0) is 21.0 Å². The first-order valence-electron chi connectivity index (χ1n) is 7.69. The summed E-state index contributed by atoms with van der Waals surface area (Å²) >= 11 is 1.48. The van der Waals surface area contributed by atoms with Gasteiger partial charge >= 0.3 is 5.97 Å². The lowest BCUT2D eigenvalue weighted by atomic mass is 10.1. The van der Waals surface area contributed by atoms with E-state index in [9.17, 15) is 9.18 Å². The maximum absolute atomic E-state index is 13.3. The summed E-state index contributed by atoms with van der Waals surface area (Å²) in [7, 11) is 0. The standard InChI is InChI=1S/C18H13FN2O3S/c19-12-5-3-4-11(8-12)14-9-15(24-21-14)18(22)23-10-17-20-13-6-1-2-7-16(13)25-17/h1-8,15H,9-10H2. The van der Waals surface area contributed by atoms with Crippen molar-refractivity contribution in [2.75, 3.05) is 0 Å². The second-order valence-electron chi connectivity index (χ2n) is 5.53. The Hall–Kier alpha value is -2.80. The van der Waals surface area contributed by atoms with Crippen molar-refractivity contribution in [3.63, 3.8) is 0 Å². The van der Waals surface area contributed by atoms with Crippen molar-refractivity contribution in [3.8, 4) is 0 Å². The Bertz CT molecular complexity index is 937. The van der Waals surface area contributed by atoms with Gasteiger partial charge in [0.25, 0.3) is 0 Å². The topological polar surface area (TPSA) is 60.8 Å². The number of esters is 1. The van der Waals surface area contributed by atoms with E-state index in [2.05, 4.69) is 10.1 Å². The Morgan fingerprint density at radius 2 is 2.16 bits per heavy atom. The first-order valence-corrected chi connectivity index (χ1v) is 8.50. The molecule has 0 spiro atoms. The number of thiazole rings is 1. The Morgan fingerprint density at radius 3 is 3.00 bits per heavy atom. The molecule has 5 nitrogen and oxygen atoms in total. The maximum atomic E-state index is 13.3. The van der Waals surface area contributed by atoms with E-state index in [-0.39, 0.29) is 18.8 Å². The van der Waals surface area contributed by atoms with Crippen LogP contribution in [0.2, 0.25) is 0 Å². The van der Waals surface area contributed by atoms with Crippen molar-refractivity contribution in [1.82, 2.24) is 4.98 Å². The molecule has 126 valence electrons. The predicted molar refractivity (Wildman–Crippen MR) is 91.8 cm³/mol. The van der Waals surface area contributed by atoms with Gasteiger partial charge in [-0.3, -0.25) is 0 Å². The quantitative estimate of drug-likeness (QED) is 0.669. The minimum atomic E-state index is -0.812. The fraction of sp³-hybridized carbons (Fsp3) is 0.167. The van der Waals surface area contributed by atoms with Gasteiger partial charge in [-0.15, -0.1) is 11.3 Å². The fourth-order valence-corrected chi connectivity index (χ4v) is 3.43. The van der Waals surface area contributed by atoms with Crippen LogP contribution in [0, 0.1) is 5.82 Å². The number of ether oxygens (including phenoxy) is 1. The number of aromatic nitrogens is 1. The predicted octanol–water partition coefficient (Wildman–Crippen LogP) is 3.67. The number of halogens is 1. The van der Waals surface area contributed by atoms with Crippen LogP contribution in [0.3, 0.4) is 0 Å². The van der Waals surface area contributed by atoms with Gasteiger partial charge in [-0.25, -0.2) is 14.2 Å². The van der Waals surface area contributed by atoms with Crippen molar-refractivity contribution in [2.45, 2.75) is 19.1 Å². The van der Waals surface area contributed by atoms with Crippen molar-refractivity contribution in [2.24, 2.45) is 5.16 Å². The molecule has 25 heavy (non-hydrogen) atoms. The molecule has 0 amide bonds. The molecule has 1 atom stereocenters. The van der Waals surface area contributed by atoms with Gasteiger partial charge in [0.2, 0.25) is 6.10 Å². The summed E-state index contributed by atoms with van der Waals surface area (Å²) in [6.45, 7) is 0.0906. The molecule has 0 saturated heterocycles. The van der Waals surface area contributed by atoms with Gasteiger partial charge in [-0.1, -0.05) is 29.4 Å². The molecule has 0 N–H and O–H groups in total. The van der Waals surface area contributed by atoms with E-state index in [0.717, 1.165) is 15.2 Å². The SMILES string of the molecule is O=C(OCc1nc2ccccc2s1)C1CC(c2cccc(F)c2)=NO1. The largest absolute Gasteiger partial charge is 0.455 e. The van der Waals surface area contributed by atoms with E-state index >= 15 is 0 Å². The number of hydrogen-bond acceptors (Lipinski definition) is 6. The number of rotatable bonds is 4. The first kappa shape index (κ1) is 15.7. The summed E-state index contributed by atoms with van der Waals surface area (Å²) in [5.41, 5.74) is 2.01. The van der Waals surface area contributed by atoms with Gasteiger partial charge in [-0.2, -0.15) is 0 Å². The van der Waals surface area contributed by atoms with Gasteiger partial charge in [0.15, 0.2) is 0 Å². The number of carbonyl (C=O) groups excluding carboxylic acids is 1. The molecule has 7 heteroatoms. The van der Waals surface area contributed by atoms with Gasteiger partial charge in [-0.05, 0) is 24.3 Å². The molecule has 1 unspecified atom stereocenters. The molecule has 0 aliphatic carbocycles. The molecule has 2 aromatic carbocycles. The highest BCUT2D eigenvalue weighted by atomic mass is 32.1. The van der Waals surface area contributed by atoms with E-state index < -0.39 is 12.1 Å². The molecule has 2 heterocycles. The number of nitrogens with zero attached hydrogens (tertiary/aromatic N) is 2. The zero-order chi connectivity index (χ0) is 17.2. The summed E-state index contributed by atoms with van der Waals surface area (Å²) in [5, 5.41) is 4.60. The Morgan fingerprint density at radius 1 is 1.28 bits per heavy atom. The Balaban J connectivity index is 1.36. The minimum Gasteiger partial charge on any atom is -0.455 e. The van der Waals surface area contributed by atoms with Gasteiger partial charge < -0.3 is 9.57 Å². The molecule has 3 aromatic rings. The summed E-state index contributed by atoms with van der Waals surface area (Å²) in [4.78, 5) is 21.7. The number of fused-ring (bicyclic) bond motifs is 1. The molecule has 1 aromatic heterocycles. The second kappa shape index (κ2) is 6.60. The van der Waals surface area contributed by atoms with Crippen molar-refractivity contribution in [3.05, 3.63) is 64.9 Å². The van der Waals surface area contributed by atoms with Crippen LogP contribution in [0.1, 0.15) is 17.0 Å². The monoisotopic (exact) mass is 356 g/mol. The van der Waals surface area contributed by atoms with Crippen LogP contribution in [0.25, 0.3) is 10.2 Å². The number of hydrogen-bond donors (Lipinski definition) is 0. The fourth-order valence-electron chi connectivity index (χ4n) is 2.55. The maximum Gasteiger partial charge on any atom is 0.351 e. The lowest BCUT2D eigenvalue weighted by Gasteiger charge is -2.07. The van der Waals surface area contributed by atoms with Gasteiger partial charge in [0.05, 0.1) is 15.9 Å². The molecule has 0 bridgehead atoms. The highest BCUT2D eigenvalue weighted by molar-refractivity contribution is 7.18. The average Bonchev–Trinajstić information content (AvgIpc) is 3.26. The van der Waals surface area contributed by atoms with E-state index in [1.165, 1.54) is 23.5 Å². The molecular formula is C18H13FN2O3S. The van der Waals surface area contributed by atoms with Crippen LogP contribution in [0.4, 0.5) is 4.39 Å². The second-order valence-corrected chi connectivity index (χ2v) is 6.64. The third-order valence-electron chi connectivity index (χ3n) is 3.77. The first-order chi connectivity index (χ1) is 12.2. The Kier molecular flexibility index (Phi) is 4.15. The van der Waals surface area contributed by atoms with Crippen molar-refractivity contribution in [1.29, 1.82) is 0 Å². The third-order valence-corrected chi connectivity index (χ3v) is 4.78. The Labute approximate surface area is 146 Å². The van der Waals surface area contributed by atoms with Crippen molar-refractivity contribution >= 4 is 33.2 Å². The molecule has 0 fully saturated rings. The molecule has 4 rings (SSSR count).